The average Bonchev–Trinajstić information content (AvgIpc) is 2.92. The second-order valence-corrected chi connectivity index (χ2v) is 8.85. The maximum absolute atomic E-state index is 13.1. The van der Waals surface area contributed by atoms with E-state index >= 15 is 0 Å². The molecular formula is C24H28O5. The molecule has 0 heterocycles. The van der Waals surface area contributed by atoms with Gasteiger partial charge >= 0.3 is 5.97 Å². The van der Waals surface area contributed by atoms with Gasteiger partial charge in [0.15, 0.2) is 6.61 Å². The molecule has 29 heavy (non-hydrogen) atoms. The number of rotatable bonds is 4. The van der Waals surface area contributed by atoms with Crippen molar-refractivity contribution in [3.8, 4) is 5.75 Å². The van der Waals surface area contributed by atoms with E-state index in [1.54, 1.807) is 19.1 Å². The van der Waals surface area contributed by atoms with Crippen LogP contribution in [0.5, 0.6) is 5.75 Å². The molecule has 0 aliphatic heterocycles. The lowest BCUT2D eigenvalue weighted by Gasteiger charge is -2.46. The average molecular weight is 396 g/mol. The minimum Gasteiger partial charge on any atom is -0.508 e. The summed E-state index contributed by atoms with van der Waals surface area (Å²) in [6.07, 6.45) is 2.34. The molecule has 2 N–H and O–H groups in total. The Morgan fingerprint density at radius 1 is 1.24 bits per heavy atom. The van der Waals surface area contributed by atoms with Crippen molar-refractivity contribution >= 4 is 22.5 Å². The summed E-state index contributed by atoms with van der Waals surface area (Å²) in [6, 6.07) is 9.51. The van der Waals surface area contributed by atoms with Crippen LogP contribution in [-0.2, 0) is 20.7 Å². The Bertz CT molecular complexity index is 996. The Balaban J connectivity index is 1.73. The number of aryl methyl sites for hydroxylation is 1. The summed E-state index contributed by atoms with van der Waals surface area (Å²) in [5.41, 5.74) is 0.289. The topological polar surface area (TPSA) is 83.8 Å². The molecule has 2 aromatic carbocycles. The van der Waals surface area contributed by atoms with Crippen molar-refractivity contribution in [2.75, 3.05) is 6.61 Å². The molecule has 0 bridgehead atoms. The van der Waals surface area contributed by atoms with E-state index < -0.39 is 22.8 Å². The monoisotopic (exact) mass is 396 g/mol. The highest BCUT2D eigenvalue weighted by Gasteiger charge is 2.65. The summed E-state index contributed by atoms with van der Waals surface area (Å²) in [5, 5.41) is 23.6. The van der Waals surface area contributed by atoms with Crippen molar-refractivity contribution in [3.05, 3.63) is 41.5 Å². The number of ketones is 1. The van der Waals surface area contributed by atoms with Gasteiger partial charge < -0.3 is 14.9 Å². The minimum absolute atomic E-state index is 0.0512. The Kier molecular flexibility index (Phi) is 4.69. The molecule has 0 aromatic heterocycles. The van der Waals surface area contributed by atoms with Gasteiger partial charge in [-0.15, -0.1) is 0 Å². The van der Waals surface area contributed by atoms with E-state index in [1.807, 2.05) is 26.0 Å². The quantitative estimate of drug-likeness (QED) is 0.767. The number of ether oxygens (including phenoxy) is 1. The predicted octanol–water partition coefficient (Wildman–Crippen LogP) is 3.87. The van der Waals surface area contributed by atoms with Gasteiger partial charge in [0, 0.05) is 11.8 Å². The number of phenols is 1. The van der Waals surface area contributed by atoms with Crippen LogP contribution in [0.15, 0.2) is 30.3 Å². The second kappa shape index (κ2) is 6.84. The maximum atomic E-state index is 13.1. The normalized spacial score (nSPS) is 30.6. The van der Waals surface area contributed by atoms with Crippen molar-refractivity contribution in [2.24, 2.45) is 11.3 Å². The van der Waals surface area contributed by atoms with Crippen LogP contribution < -0.4 is 0 Å². The fourth-order valence-electron chi connectivity index (χ4n) is 5.79. The van der Waals surface area contributed by atoms with Crippen LogP contribution >= 0.6 is 0 Å². The summed E-state index contributed by atoms with van der Waals surface area (Å²) in [7, 11) is 0. The molecule has 4 atom stereocenters. The Morgan fingerprint density at radius 2 is 2.00 bits per heavy atom. The van der Waals surface area contributed by atoms with Gasteiger partial charge in [-0.25, -0.2) is 0 Å². The van der Waals surface area contributed by atoms with Crippen LogP contribution in [0.25, 0.3) is 10.8 Å². The van der Waals surface area contributed by atoms with Crippen LogP contribution in [0, 0.1) is 11.3 Å². The number of carbonyl (C=O) groups is 2. The highest BCUT2D eigenvalue weighted by atomic mass is 16.5. The first-order valence-electron chi connectivity index (χ1n) is 10.4. The van der Waals surface area contributed by atoms with E-state index in [0.29, 0.717) is 12.8 Å². The third-order valence-electron chi connectivity index (χ3n) is 7.44. The van der Waals surface area contributed by atoms with E-state index in [-0.39, 0.29) is 30.6 Å². The van der Waals surface area contributed by atoms with Crippen molar-refractivity contribution in [1.29, 1.82) is 0 Å². The summed E-state index contributed by atoms with van der Waals surface area (Å²) in [6.45, 7) is 5.23. The fraction of sp³-hybridized carbons (Fsp3) is 0.500. The molecule has 0 amide bonds. The van der Waals surface area contributed by atoms with Gasteiger partial charge in [0.25, 0.3) is 0 Å². The van der Waals surface area contributed by atoms with Gasteiger partial charge in [0.2, 0.25) is 5.78 Å². The highest BCUT2D eigenvalue weighted by Crippen LogP contribution is 2.63. The Hall–Kier alpha value is -2.40. The number of phenolic OH excluding ortho intramolecular Hbond substituents is 1. The van der Waals surface area contributed by atoms with Gasteiger partial charge in [0.1, 0.15) is 11.4 Å². The minimum atomic E-state index is -1.52. The third-order valence-corrected chi connectivity index (χ3v) is 7.44. The van der Waals surface area contributed by atoms with Crippen LogP contribution in [0.2, 0.25) is 0 Å². The number of hydrogen-bond acceptors (Lipinski definition) is 5. The molecule has 0 saturated heterocycles. The molecule has 2 aromatic rings. The van der Waals surface area contributed by atoms with E-state index in [1.165, 1.54) is 11.1 Å². The van der Waals surface area contributed by atoms with E-state index in [4.69, 9.17) is 4.74 Å². The second-order valence-electron chi connectivity index (χ2n) is 8.85. The summed E-state index contributed by atoms with van der Waals surface area (Å²) < 4.78 is 5.07. The molecule has 1 fully saturated rings. The molecule has 5 heteroatoms. The lowest BCUT2D eigenvalue weighted by Crippen LogP contribution is -2.56. The number of aromatic hydroxyl groups is 1. The van der Waals surface area contributed by atoms with Gasteiger partial charge in [-0.05, 0) is 65.1 Å². The zero-order chi connectivity index (χ0) is 21.0. The van der Waals surface area contributed by atoms with Gasteiger partial charge in [-0.3, -0.25) is 9.59 Å². The molecule has 1 saturated carbocycles. The summed E-state index contributed by atoms with van der Waals surface area (Å²) in [5.74, 6) is -0.764. The van der Waals surface area contributed by atoms with Gasteiger partial charge in [0.05, 0.1) is 0 Å². The van der Waals surface area contributed by atoms with Crippen molar-refractivity contribution in [2.45, 2.75) is 58.0 Å². The van der Waals surface area contributed by atoms with Crippen LogP contribution in [0.4, 0.5) is 0 Å². The van der Waals surface area contributed by atoms with Crippen LogP contribution in [0.1, 0.15) is 57.1 Å². The summed E-state index contributed by atoms with van der Waals surface area (Å²) >= 11 is 0. The molecule has 154 valence electrons. The van der Waals surface area contributed by atoms with Crippen molar-refractivity contribution in [3.63, 3.8) is 0 Å². The first-order valence-corrected chi connectivity index (χ1v) is 10.4. The zero-order valence-electron chi connectivity index (χ0n) is 17.2. The molecule has 5 nitrogen and oxygen atoms in total. The smallest absolute Gasteiger partial charge is 0.305 e. The maximum Gasteiger partial charge on any atom is 0.305 e. The van der Waals surface area contributed by atoms with E-state index in [0.717, 1.165) is 17.2 Å². The number of hydrogen-bond donors (Lipinski definition) is 2. The van der Waals surface area contributed by atoms with Crippen molar-refractivity contribution < 1.29 is 24.5 Å². The molecular weight excluding hydrogens is 368 g/mol. The first-order chi connectivity index (χ1) is 13.7. The Labute approximate surface area is 170 Å². The standard InChI is InChI=1S/C24H28O5/c1-4-22(27)29-13-21(26)24(28)14(2)11-20-19-7-5-15-12-16(25)6-8-17(15)18(19)9-10-23(20,24)3/h5-8,12,14,20,25,28H,4,9-11,13H2,1-3H3/t14-,20+,23+,24+/m1/s1. The number of aliphatic hydroxyl groups is 1. The molecule has 0 unspecified atom stereocenters. The summed E-state index contributed by atoms with van der Waals surface area (Å²) in [4.78, 5) is 24.6. The van der Waals surface area contributed by atoms with E-state index in [9.17, 15) is 19.8 Å². The molecule has 0 spiro atoms. The van der Waals surface area contributed by atoms with Crippen molar-refractivity contribution in [1.82, 2.24) is 0 Å². The highest BCUT2D eigenvalue weighted by molar-refractivity contribution is 5.92. The number of carbonyl (C=O) groups excluding carboxylic acids is 2. The van der Waals surface area contributed by atoms with Crippen LogP contribution in [0.3, 0.4) is 0 Å². The first kappa shape index (κ1) is 19.9. The van der Waals surface area contributed by atoms with Gasteiger partial charge in [-0.1, -0.05) is 39.0 Å². The predicted molar refractivity (Wildman–Crippen MR) is 110 cm³/mol. The largest absolute Gasteiger partial charge is 0.508 e. The molecule has 2 aliphatic carbocycles. The van der Waals surface area contributed by atoms with Crippen LogP contribution in [-0.4, -0.2) is 34.2 Å². The molecule has 4 rings (SSSR count). The third kappa shape index (κ3) is 2.78. The lowest BCUT2D eigenvalue weighted by molar-refractivity contribution is -0.166. The van der Waals surface area contributed by atoms with E-state index in [2.05, 4.69) is 6.07 Å². The number of benzene rings is 2. The SMILES string of the molecule is CCC(=O)OCC(=O)[C@@]1(O)[C@H](C)C[C@H]2c3ccc4cc(O)ccc4c3CC[C@@]21C. The number of Topliss-reactive ketones (excluding diaryl/α,β-unsaturated/α-hetero) is 1. The molecule has 0 radical (unpaired) electrons. The number of fused-ring (bicyclic) bond motifs is 5. The number of esters is 1. The Morgan fingerprint density at radius 3 is 2.72 bits per heavy atom. The van der Waals surface area contributed by atoms with Gasteiger partial charge in [-0.2, -0.15) is 0 Å². The fourth-order valence-corrected chi connectivity index (χ4v) is 5.79. The zero-order valence-corrected chi connectivity index (χ0v) is 17.2. The lowest BCUT2D eigenvalue weighted by atomic mass is 9.59. The molecule has 2 aliphatic rings.